The highest BCUT2D eigenvalue weighted by molar-refractivity contribution is 6.33. The van der Waals surface area contributed by atoms with Crippen LogP contribution in [0.2, 0.25) is 5.02 Å². The summed E-state index contributed by atoms with van der Waals surface area (Å²) in [5, 5.41) is 2.58. The van der Waals surface area contributed by atoms with Crippen molar-refractivity contribution < 1.29 is 22.7 Å². The SMILES string of the molecule is CC(C)COc1ccc(NC(=O)Cc2cn3cc(C(F)(F)F)cc(Cl)c3n2)cc1. The number of carbonyl (C=O) groups excluding carboxylic acids is 1. The maximum Gasteiger partial charge on any atom is 0.417 e. The number of pyridine rings is 1. The smallest absolute Gasteiger partial charge is 0.417 e. The van der Waals surface area contributed by atoms with Crippen molar-refractivity contribution in [2.45, 2.75) is 26.4 Å². The number of rotatable bonds is 6. The molecule has 0 unspecified atom stereocenters. The highest BCUT2D eigenvalue weighted by atomic mass is 35.5. The van der Waals surface area contributed by atoms with Crippen LogP contribution in [-0.2, 0) is 17.4 Å². The number of ether oxygens (including phenoxy) is 1. The Labute approximate surface area is 170 Å². The lowest BCUT2D eigenvalue weighted by molar-refractivity contribution is -0.137. The third-order valence-electron chi connectivity index (χ3n) is 3.95. The molecular formula is C20H19ClF3N3O2. The van der Waals surface area contributed by atoms with E-state index in [0.717, 1.165) is 12.3 Å². The maximum atomic E-state index is 12.9. The van der Waals surface area contributed by atoms with E-state index in [1.54, 1.807) is 24.3 Å². The third kappa shape index (κ3) is 5.41. The number of halogens is 4. The van der Waals surface area contributed by atoms with Crippen LogP contribution in [0, 0.1) is 5.92 Å². The second-order valence-electron chi connectivity index (χ2n) is 6.99. The minimum atomic E-state index is -4.52. The number of alkyl halides is 3. The van der Waals surface area contributed by atoms with Gasteiger partial charge < -0.3 is 14.5 Å². The van der Waals surface area contributed by atoms with Gasteiger partial charge in [-0.3, -0.25) is 4.79 Å². The molecule has 5 nitrogen and oxygen atoms in total. The van der Waals surface area contributed by atoms with Crippen LogP contribution >= 0.6 is 11.6 Å². The van der Waals surface area contributed by atoms with E-state index in [9.17, 15) is 18.0 Å². The van der Waals surface area contributed by atoms with Gasteiger partial charge in [0.2, 0.25) is 5.91 Å². The topological polar surface area (TPSA) is 55.6 Å². The van der Waals surface area contributed by atoms with E-state index < -0.39 is 11.7 Å². The number of aromatic nitrogens is 2. The summed E-state index contributed by atoms with van der Waals surface area (Å²) in [6.07, 6.45) is -2.37. The predicted molar refractivity (Wildman–Crippen MR) is 104 cm³/mol. The molecule has 0 saturated heterocycles. The van der Waals surface area contributed by atoms with Crippen molar-refractivity contribution in [2.24, 2.45) is 5.92 Å². The molecule has 0 aliphatic heterocycles. The second kappa shape index (κ2) is 8.32. The lowest BCUT2D eigenvalue weighted by Gasteiger charge is -2.09. The standard InChI is InChI=1S/C20H19ClF3N3O2/c1-12(2)11-29-16-5-3-14(4-6-16)25-18(28)8-15-10-27-9-13(20(22,23)24)7-17(21)19(27)26-15/h3-7,9-10,12H,8,11H2,1-2H3,(H,25,28). The molecule has 0 saturated carbocycles. The van der Waals surface area contributed by atoms with Crippen molar-refractivity contribution in [3.8, 4) is 5.75 Å². The average molecular weight is 426 g/mol. The van der Waals surface area contributed by atoms with Crippen molar-refractivity contribution in [1.82, 2.24) is 9.38 Å². The lowest BCUT2D eigenvalue weighted by atomic mass is 10.2. The van der Waals surface area contributed by atoms with Gasteiger partial charge in [-0.25, -0.2) is 4.98 Å². The van der Waals surface area contributed by atoms with E-state index >= 15 is 0 Å². The Balaban J connectivity index is 1.67. The predicted octanol–water partition coefficient (Wildman–Crippen LogP) is 5.22. The van der Waals surface area contributed by atoms with E-state index in [-0.39, 0.29) is 23.0 Å². The minimum Gasteiger partial charge on any atom is -0.493 e. The molecule has 0 spiro atoms. The van der Waals surface area contributed by atoms with Gasteiger partial charge in [0, 0.05) is 18.1 Å². The fourth-order valence-corrected chi connectivity index (χ4v) is 2.87. The summed E-state index contributed by atoms with van der Waals surface area (Å²) in [6, 6.07) is 7.74. The molecule has 0 aliphatic rings. The number of fused-ring (bicyclic) bond motifs is 1. The average Bonchev–Trinajstić information content (AvgIpc) is 3.03. The van der Waals surface area contributed by atoms with Crippen LogP contribution < -0.4 is 10.1 Å². The Morgan fingerprint density at radius 3 is 2.55 bits per heavy atom. The molecule has 1 N–H and O–H groups in total. The molecular weight excluding hydrogens is 407 g/mol. The molecule has 3 aromatic rings. The molecule has 0 atom stereocenters. The summed E-state index contributed by atoms with van der Waals surface area (Å²) in [6.45, 7) is 4.69. The maximum absolute atomic E-state index is 12.9. The Hall–Kier alpha value is -2.74. The van der Waals surface area contributed by atoms with Gasteiger partial charge in [-0.1, -0.05) is 25.4 Å². The first-order chi connectivity index (χ1) is 13.6. The van der Waals surface area contributed by atoms with Gasteiger partial charge >= 0.3 is 6.18 Å². The van der Waals surface area contributed by atoms with Gasteiger partial charge in [-0.15, -0.1) is 0 Å². The van der Waals surface area contributed by atoms with E-state index in [2.05, 4.69) is 10.3 Å². The molecule has 0 aliphatic carbocycles. The van der Waals surface area contributed by atoms with Crippen LogP contribution in [0.25, 0.3) is 5.65 Å². The normalized spacial score (nSPS) is 11.8. The van der Waals surface area contributed by atoms with Crippen LogP contribution in [0.5, 0.6) is 5.75 Å². The highest BCUT2D eigenvalue weighted by Crippen LogP contribution is 2.32. The van der Waals surface area contributed by atoms with Crippen LogP contribution in [0.3, 0.4) is 0 Å². The molecule has 1 amide bonds. The number of benzene rings is 1. The monoisotopic (exact) mass is 425 g/mol. The van der Waals surface area contributed by atoms with Gasteiger partial charge in [0.1, 0.15) is 5.75 Å². The van der Waals surface area contributed by atoms with Crippen LogP contribution in [0.1, 0.15) is 25.1 Å². The molecule has 154 valence electrons. The zero-order valence-electron chi connectivity index (χ0n) is 15.8. The van der Waals surface area contributed by atoms with Gasteiger partial charge in [0.25, 0.3) is 0 Å². The zero-order chi connectivity index (χ0) is 21.2. The fraction of sp³-hybridized carbons (Fsp3) is 0.300. The zero-order valence-corrected chi connectivity index (χ0v) is 16.5. The quantitative estimate of drug-likeness (QED) is 0.589. The molecule has 2 aromatic heterocycles. The lowest BCUT2D eigenvalue weighted by Crippen LogP contribution is -2.14. The van der Waals surface area contributed by atoms with Crippen LogP contribution in [0.15, 0.2) is 42.7 Å². The number of imidazole rings is 1. The van der Waals surface area contributed by atoms with Crippen LogP contribution in [0.4, 0.5) is 18.9 Å². The summed E-state index contributed by atoms with van der Waals surface area (Å²) in [5.41, 5.74) is 0.158. The first-order valence-corrected chi connectivity index (χ1v) is 9.26. The van der Waals surface area contributed by atoms with Gasteiger partial charge in [-0.05, 0) is 36.2 Å². The Morgan fingerprint density at radius 2 is 1.93 bits per heavy atom. The third-order valence-corrected chi connectivity index (χ3v) is 4.22. The molecule has 0 bridgehead atoms. The summed E-state index contributed by atoms with van der Waals surface area (Å²) < 4.78 is 45.5. The Morgan fingerprint density at radius 1 is 1.24 bits per heavy atom. The van der Waals surface area contributed by atoms with Gasteiger partial charge in [-0.2, -0.15) is 13.2 Å². The number of hydrogen-bond acceptors (Lipinski definition) is 3. The first-order valence-electron chi connectivity index (χ1n) is 8.89. The fourth-order valence-electron chi connectivity index (χ4n) is 2.61. The highest BCUT2D eigenvalue weighted by Gasteiger charge is 2.32. The summed E-state index contributed by atoms with van der Waals surface area (Å²) >= 11 is 5.91. The van der Waals surface area contributed by atoms with E-state index in [1.165, 1.54) is 10.6 Å². The number of nitrogens with zero attached hydrogens (tertiary/aromatic N) is 2. The molecule has 2 heterocycles. The number of anilines is 1. The Kier molecular flexibility index (Phi) is 6.02. The van der Waals surface area contributed by atoms with E-state index in [4.69, 9.17) is 16.3 Å². The van der Waals surface area contributed by atoms with Crippen molar-refractivity contribution in [3.05, 3.63) is 59.0 Å². The second-order valence-corrected chi connectivity index (χ2v) is 7.40. The van der Waals surface area contributed by atoms with Crippen molar-refractivity contribution in [3.63, 3.8) is 0 Å². The Bertz CT molecular complexity index is 1010. The molecule has 0 radical (unpaired) electrons. The molecule has 29 heavy (non-hydrogen) atoms. The summed E-state index contributed by atoms with van der Waals surface area (Å²) in [4.78, 5) is 16.4. The molecule has 9 heteroatoms. The number of amides is 1. The molecule has 0 fully saturated rings. The summed E-state index contributed by atoms with van der Waals surface area (Å²) in [7, 11) is 0. The van der Waals surface area contributed by atoms with Crippen molar-refractivity contribution in [2.75, 3.05) is 11.9 Å². The minimum absolute atomic E-state index is 0.106. The summed E-state index contributed by atoms with van der Waals surface area (Å²) in [5.74, 6) is 0.754. The number of carbonyl (C=O) groups is 1. The molecule has 1 aromatic carbocycles. The number of hydrogen-bond donors (Lipinski definition) is 1. The largest absolute Gasteiger partial charge is 0.493 e. The number of nitrogens with one attached hydrogen (secondary N) is 1. The molecule has 3 rings (SSSR count). The first kappa shape index (κ1) is 21.0. The van der Waals surface area contributed by atoms with Crippen molar-refractivity contribution in [1.29, 1.82) is 0 Å². The van der Waals surface area contributed by atoms with Crippen molar-refractivity contribution >= 4 is 28.8 Å². The van der Waals surface area contributed by atoms with E-state index in [0.29, 0.717) is 29.7 Å². The van der Waals surface area contributed by atoms with E-state index in [1.807, 2.05) is 13.8 Å². The van der Waals surface area contributed by atoms with Gasteiger partial charge in [0.15, 0.2) is 5.65 Å². The van der Waals surface area contributed by atoms with Gasteiger partial charge in [0.05, 0.1) is 29.3 Å². The van der Waals surface area contributed by atoms with Crippen LogP contribution in [-0.4, -0.2) is 21.9 Å².